The molecule has 17 heavy (non-hydrogen) atoms. The van der Waals surface area contributed by atoms with E-state index >= 15 is 0 Å². The summed E-state index contributed by atoms with van der Waals surface area (Å²) in [4.78, 5) is 3.91. The van der Waals surface area contributed by atoms with Gasteiger partial charge in [-0.05, 0) is 11.6 Å². The molecule has 0 aliphatic carbocycles. The first-order valence-electron chi connectivity index (χ1n) is 5.40. The Hall–Kier alpha value is -2.12. The van der Waals surface area contributed by atoms with Crippen LogP contribution in [0.2, 0.25) is 0 Å². The molecule has 0 fully saturated rings. The van der Waals surface area contributed by atoms with E-state index in [1.54, 1.807) is 11.0 Å². The van der Waals surface area contributed by atoms with Crippen molar-refractivity contribution in [3.8, 4) is 11.8 Å². The van der Waals surface area contributed by atoms with Crippen molar-refractivity contribution in [2.24, 2.45) is 0 Å². The number of aromatic nitrogens is 3. The average Bonchev–Trinajstić information content (AvgIpc) is 2.84. The largest absolute Gasteiger partial charge is 0.395 e. The van der Waals surface area contributed by atoms with Crippen molar-refractivity contribution >= 4 is 0 Å². The minimum absolute atomic E-state index is 0.0955. The Labute approximate surface area is 99.9 Å². The van der Waals surface area contributed by atoms with Gasteiger partial charge >= 0.3 is 0 Å². The molecule has 2 rings (SSSR count). The normalized spacial score (nSPS) is 9.71. The number of aliphatic hydroxyl groups excluding tert-OH is 1. The van der Waals surface area contributed by atoms with E-state index in [0.29, 0.717) is 13.0 Å². The molecule has 0 radical (unpaired) electrons. The van der Waals surface area contributed by atoms with Crippen molar-refractivity contribution in [2.75, 3.05) is 6.61 Å². The second-order valence-electron chi connectivity index (χ2n) is 3.53. The standard InChI is InChI=1S/C13H13N3O/c17-8-4-3-6-12-5-1-2-7-13(12)9-16-11-14-10-15-16/h1-2,5,7,10-11,17H,4,8-9H2. The minimum Gasteiger partial charge on any atom is -0.395 e. The van der Waals surface area contributed by atoms with Crippen molar-refractivity contribution in [3.63, 3.8) is 0 Å². The highest BCUT2D eigenvalue weighted by molar-refractivity contribution is 5.41. The average molecular weight is 227 g/mol. The third-order valence-electron chi connectivity index (χ3n) is 2.28. The summed E-state index contributed by atoms with van der Waals surface area (Å²) in [7, 11) is 0. The maximum absolute atomic E-state index is 8.70. The molecule has 0 atom stereocenters. The van der Waals surface area contributed by atoms with Gasteiger partial charge in [0.05, 0.1) is 13.2 Å². The molecule has 0 unspecified atom stereocenters. The van der Waals surface area contributed by atoms with Gasteiger partial charge in [-0.15, -0.1) is 0 Å². The number of rotatable bonds is 3. The topological polar surface area (TPSA) is 50.9 Å². The van der Waals surface area contributed by atoms with Crippen molar-refractivity contribution in [3.05, 3.63) is 48.0 Å². The van der Waals surface area contributed by atoms with E-state index in [4.69, 9.17) is 5.11 Å². The summed E-state index contributed by atoms with van der Waals surface area (Å²) in [6.07, 6.45) is 3.69. The molecule has 0 bridgehead atoms. The first-order chi connectivity index (χ1) is 8.40. The van der Waals surface area contributed by atoms with Crippen LogP contribution in [0.15, 0.2) is 36.9 Å². The summed E-state index contributed by atoms with van der Waals surface area (Å²) in [5.74, 6) is 5.98. The number of hydrogen-bond donors (Lipinski definition) is 1. The molecule has 1 aromatic carbocycles. The van der Waals surface area contributed by atoms with E-state index in [9.17, 15) is 0 Å². The Morgan fingerprint density at radius 3 is 2.94 bits per heavy atom. The van der Waals surface area contributed by atoms with Crippen LogP contribution in [-0.4, -0.2) is 26.5 Å². The second kappa shape index (κ2) is 5.83. The van der Waals surface area contributed by atoms with Gasteiger partial charge in [-0.3, -0.25) is 0 Å². The van der Waals surface area contributed by atoms with Crippen LogP contribution in [0.1, 0.15) is 17.5 Å². The maximum Gasteiger partial charge on any atom is 0.137 e. The maximum atomic E-state index is 8.70. The fourth-order valence-corrected chi connectivity index (χ4v) is 1.48. The highest BCUT2D eigenvalue weighted by atomic mass is 16.2. The number of benzene rings is 1. The van der Waals surface area contributed by atoms with E-state index < -0.39 is 0 Å². The Bertz CT molecular complexity index is 523. The predicted octanol–water partition coefficient (Wildman–Crippen LogP) is 1.06. The zero-order valence-electron chi connectivity index (χ0n) is 9.37. The molecule has 4 heteroatoms. The van der Waals surface area contributed by atoms with Crippen LogP contribution >= 0.6 is 0 Å². The van der Waals surface area contributed by atoms with E-state index in [2.05, 4.69) is 21.9 Å². The van der Waals surface area contributed by atoms with Crippen LogP contribution in [0.25, 0.3) is 0 Å². The Morgan fingerprint density at radius 2 is 2.18 bits per heavy atom. The van der Waals surface area contributed by atoms with Crippen LogP contribution in [0, 0.1) is 11.8 Å². The summed E-state index contributed by atoms with van der Waals surface area (Å²) in [6.45, 7) is 0.752. The van der Waals surface area contributed by atoms with Gasteiger partial charge in [0.25, 0.3) is 0 Å². The minimum atomic E-state index is 0.0955. The van der Waals surface area contributed by atoms with Crippen LogP contribution < -0.4 is 0 Å². The Balaban J connectivity index is 2.19. The molecule has 0 aliphatic heterocycles. The van der Waals surface area contributed by atoms with Gasteiger partial charge in [-0.2, -0.15) is 5.10 Å². The monoisotopic (exact) mass is 227 g/mol. The number of hydrogen-bond acceptors (Lipinski definition) is 3. The van der Waals surface area contributed by atoms with Crippen LogP contribution in [0.4, 0.5) is 0 Å². The first-order valence-corrected chi connectivity index (χ1v) is 5.40. The lowest BCUT2D eigenvalue weighted by atomic mass is 10.1. The molecule has 0 aliphatic rings. The first kappa shape index (κ1) is 11.4. The summed E-state index contributed by atoms with van der Waals surface area (Å²) in [5.41, 5.74) is 2.07. The Morgan fingerprint density at radius 1 is 1.29 bits per heavy atom. The van der Waals surface area contributed by atoms with Crippen molar-refractivity contribution in [1.29, 1.82) is 0 Å². The van der Waals surface area contributed by atoms with Crippen LogP contribution in [-0.2, 0) is 6.54 Å². The molecule has 0 saturated carbocycles. The summed E-state index contributed by atoms with van der Waals surface area (Å²) in [6, 6.07) is 7.92. The van der Waals surface area contributed by atoms with Gasteiger partial charge < -0.3 is 5.11 Å². The lowest BCUT2D eigenvalue weighted by molar-refractivity contribution is 0.305. The third-order valence-corrected chi connectivity index (χ3v) is 2.28. The third kappa shape index (κ3) is 3.16. The second-order valence-corrected chi connectivity index (χ2v) is 3.53. The molecule has 0 spiro atoms. The molecule has 0 saturated heterocycles. The van der Waals surface area contributed by atoms with Crippen LogP contribution in [0.5, 0.6) is 0 Å². The van der Waals surface area contributed by atoms with Gasteiger partial charge in [-0.25, -0.2) is 9.67 Å². The molecular weight excluding hydrogens is 214 g/mol. The number of nitrogens with zero attached hydrogens (tertiary/aromatic N) is 3. The SMILES string of the molecule is OCCC#Cc1ccccc1Cn1cncn1. The van der Waals surface area contributed by atoms with Crippen molar-refractivity contribution in [2.45, 2.75) is 13.0 Å². The summed E-state index contributed by atoms with van der Waals surface area (Å²) < 4.78 is 1.76. The highest BCUT2D eigenvalue weighted by Crippen LogP contribution is 2.08. The highest BCUT2D eigenvalue weighted by Gasteiger charge is 2.00. The smallest absolute Gasteiger partial charge is 0.137 e. The predicted molar refractivity (Wildman–Crippen MR) is 64.1 cm³/mol. The molecule has 4 nitrogen and oxygen atoms in total. The Kier molecular flexibility index (Phi) is 3.90. The van der Waals surface area contributed by atoms with Gasteiger partial charge in [0.15, 0.2) is 0 Å². The van der Waals surface area contributed by atoms with E-state index in [0.717, 1.165) is 11.1 Å². The zero-order valence-corrected chi connectivity index (χ0v) is 9.37. The van der Waals surface area contributed by atoms with Gasteiger partial charge in [-0.1, -0.05) is 30.0 Å². The van der Waals surface area contributed by atoms with E-state index in [1.807, 2.05) is 24.3 Å². The quantitative estimate of drug-likeness (QED) is 0.798. The van der Waals surface area contributed by atoms with Crippen molar-refractivity contribution in [1.82, 2.24) is 14.8 Å². The lowest BCUT2D eigenvalue weighted by Gasteiger charge is -2.03. The zero-order chi connectivity index (χ0) is 11.9. The summed E-state index contributed by atoms with van der Waals surface area (Å²) in [5, 5.41) is 12.8. The number of aliphatic hydroxyl groups is 1. The van der Waals surface area contributed by atoms with Gasteiger partial charge in [0.1, 0.15) is 12.7 Å². The molecular formula is C13H13N3O. The molecule has 1 N–H and O–H groups in total. The van der Waals surface area contributed by atoms with Gasteiger partial charge in [0, 0.05) is 12.0 Å². The van der Waals surface area contributed by atoms with E-state index in [1.165, 1.54) is 6.33 Å². The summed E-state index contributed by atoms with van der Waals surface area (Å²) >= 11 is 0. The molecule has 0 amide bonds. The van der Waals surface area contributed by atoms with Crippen LogP contribution in [0.3, 0.4) is 0 Å². The van der Waals surface area contributed by atoms with Gasteiger partial charge in [0.2, 0.25) is 0 Å². The fraction of sp³-hybridized carbons (Fsp3) is 0.231. The lowest BCUT2D eigenvalue weighted by Crippen LogP contribution is -2.01. The molecule has 2 aromatic rings. The molecule has 86 valence electrons. The van der Waals surface area contributed by atoms with E-state index in [-0.39, 0.29) is 6.61 Å². The fourth-order valence-electron chi connectivity index (χ4n) is 1.48. The molecule has 1 heterocycles. The van der Waals surface area contributed by atoms with Crippen molar-refractivity contribution < 1.29 is 5.11 Å². The molecule has 1 aromatic heterocycles.